The van der Waals surface area contributed by atoms with E-state index in [0.29, 0.717) is 18.2 Å². The fraction of sp³-hybridized carbons (Fsp3) is 0.130. The first kappa shape index (κ1) is 21.6. The predicted octanol–water partition coefficient (Wildman–Crippen LogP) is 5.69. The number of azo groups is 1. The van der Waals surface area contributed by atoms with Gasteiger partial charge in [0, 0.05) is 18.6 Å². The van der Waals surface area contributed by atoms with Gasteiger partial charge < -0.3 is 10.1 Å². The molecule has 33 heavy (non-hydrogen) atoms. The molecule has 0 aliphatic heterocycles. The Balaban J connectivity index is 1.54. The molecule has 0 bridgehead atoms. The van der Waals surface area contributed by atoms with Gasteiger partial charge in [-0.2, -0.15) is 5.10 Å². The molecule has 4 aromatic rings. The number of aromatic hydroxyl groups is 1. The van der Waals surface area contributed by atoms with E-state index < -0.39 is 4.92 Å². The number of imidazole rings is 1. The van der Waals surface area contributed by atoms with Gasteiger partial charge in [-0.1, -0.05) is 49.4 Å². The summed E-state index contributed by atoms with van der Waals surface area (Å²) in [6.07, 6.45) is 1.18. The van der Waals surface area contributed by atoms with Gasteiger partial charge in [0.2, 0.25) is 5.95 Å². The quantitative estimate of drug-likeness (QED) is 0.0840. The monoisotopic (exact) mass is 443 g/mol. The zero-order valence-corrected chi connectivity index (χ0v) is 17.8. The van der Waals surface area contributed by atoms with Crippen molar-refractivity contribution in [1.29, 1.82) is 0 Å². The van der Waals surface area contributed by atoms with Crippen molar-refractivity contribution in [2.24, 2.45) is 15.3 Å². The van der Waals surface area contributed by atoms with Crippen LogP contribution in [0.1, 0.15) is 24.5 Å². The third-order valence-electron chi connectivity index (χ3n) is 4.89. The summed E-state index contributed by atoms with van der Waals surface area (Å²) < 4.78 is 0. The molecule has 10 heteroatoms. The maximum atomic E-state index is 10.9. The highest BCUT2D eigenvalue weighted by Crippen LogP contribution is 2.28. The summed E-state index contributed by atoms with van der Waals surface area (Å²) in [6, 6.07) is 19.7. The third kappa shape index (κ3) is 5.18. The zero-order valence-electron chi connectivity index (χ0n) is 17.8. The van der Waals surface area contributed by atoms with Gasteiger partial charge >= 0.3 is 0 Å². The average molecular weight is 443 g/mol. The Bertz CT molecular complexity index is 1350. The van der Waals surface area contributed by atoms with E-state index in [0.717, 1.165) is 23.0 Å². The van der Waals surface area contributed by atoms with E-state index in [1.165, 1.54) is 23.8 Å². The minimum Gasteiger partial charge on any atom is -0.506 e. The van der Waals surface area contributed by atoms with E-state index in [1.54, 1.807) is 0 Å². The number of aromatic amines is 1. The summed E-state index contributed by atoms with van der Waals surface area (Å²) in [5.74, 6) is 0.496. The number of phenolic OH excluding ortho intramolecular Hbond substituents is 1. The Morgan fingerprint density at radius 2 is 1.97 bits per heavy atom. The van der Waals surface area contributed by atoms with E-state index in [1.807, 2.05) is 43.3 Å². The highest BCUT2D eigenvalue weighted by Gasteiger charge is 2.11. The average Bonchev–Trinajstić information content (AvgIpc) is 3.25. The van der Waals surface area contributed by atoms with Gasteiger partial charge in [0.05, 0.1) is 16.0 Å². The smallest absolute Gasteiger partial charge is 0.271 e. The summed E-state index contributed by atoms with van der Waals surface area (Å²) in [6.45, 7) is 1.84. The fourth-order valence-corrected chi connectivity index (χ4v) is 3.21. The van der Waals surface area contributed by atoms with Crippen LogP contribution in [-0.4, -0.2) is 25.8 Å². The summed E-state index contributed by atoms with van der Waals surface area (Å²) >= 11 is 0. The minimum absolute atomic E-state index is 0.0969. The van der Waals surface area contributed by atoms with Gasteiger partial charge in [-0.25, -0.2) is 4.98 Å². The van der Waals surface area contributed by atoms with Gasteiger partial charge in [0.1, 0.15) is 11.4 Å². The van der Waals surface area contributed by atoms with Gasteiger partial charge in [0.25, 0.3) is 5.69 Å². The molecule has 1 heterocycles. The van der Waals surface area contributed by atoms with Gasteiger partial charge in [-0.3, -0.25) is 15.5 Å². The molecule has 0 fully saturated rings. The van der Waals surface area contributed by atoms with Gasteiger partial charge in [0.15, 0.2) is 5.84 Å². The second-order valence-corrected chi connectivity index (χ2v) is 7.19. The van der Waals surface area contributed by atoms with Crippen LogP contribution in [0.4, 0.5) is 17.3 Å². The number of rotatable bonds is 7. The first-order chi connectivity index (χ1) is 16.0. The van der Waals surface area contributed by atoms with Crippen molar-refractivity contribution in [3.05, 3.63) is 88.0 Å². The lowest BCUT2D eigenvalue weighted by Gasteiger charge is -2.04. The van der Waals surface area contributed by atoms with Crippen LogP contribution in [0.3, 0.4) is 0 Å². The lowest BCUT2D eigenvalue weighted by molar-refractivity contribution is -0.384. The zero-order chi connectivity index (χ0) is 23.2. The first-order valence-electron chi connectivity index (χ1n) is 10.3. The highest BCUT2D eigenvalue weighted by atomic mass is 16.6. The SMILES string of the molecule is CC/C(N=Nc1nc2c(Cc3ccccc3)cccc2[nH]1)=N\Nc1cc([N+](=O)[O-])ccc1O. The number of nitrogens with one attached hydrogen (secondary N) is 2. The molecule has 0 amide bonds. The molecule has 0 spiro atoms. The number of nitro groups is 1. The number of para-hydroxylation sites is 1. The standard InChI is InChI=1S/C23H21N7O3/c1-2-21(27-26-19-14-17(30(32)33)11-12-20(19)31)28-29-23-24-18-10-6-9-16(22(18)25-23)13-15-7-4-3-5-8-15/h3-12,14,26,31H,2,13H2,1H3,(H,24,25)/b27-21+,29-28?. The van der Waals surface area contributed by atoms with E-state index in [4.69, 9.17) is 0 Å². The number of aromatic nitrogens is 2. The Morgan fingerprint density at radius 1 is 1.15 bits per heavy atom. The molecule has 10 nitrogen and oxygen atoms in total. The number of hydrogen-bond donors (Lipinski definition) is 3. The maximum Gasteiger partial charge on any atom is 0.271 e. The molecule has 3 aromatic carbocycles. The van der Waals surface area contributed by atoms with Crippen molar-refractivity contribution >= 4 is 34.2 Å². The molecule has 0 aliphatic carbocycles. The topological polar surface area (TPSA) is 141 Å². The predicted molar refractivity (Wildman–Crippen MR) is 126 cm³/mol. The molecule has 0 saturated heterocycles. The number of fused-ring (bicyclic) bond motifs is 1. The lowest BCUT2D eigenvalue weighted by atomic mass is 10.0. The number of nitro benzene ring substituents is 1. The van der Waals surface area contributed by atoms with Crippen LogP contribution in [-0.2, 0) is 6.42 Å². The van der Waals surface area contributed by atoms with E-state index in [-0.39, 0.29) is 17.1 Å². The maximum absolute atomic E-state index is 10.9. The molecule has 4 rings (SSSR count). The Hall–Kier alpha value is -4.60. The Morgan fingerprint density at radius 3 is 2.73 bits per heavy atom. The van der Waals surface area contributed by atoms with E-state index in [2.05, 4.69) is 42.9 Å². The Kier molecular flexibility index (Phi) is 6.35. The van der Waals surface area contributed by atoms with Crippen LogP contribution in [0.5, 0.6) is 5.75 Å². The molecule has 0 aliphatic rings. The van der Waals surface area contributed by atoms with Crippen LogP contribution >= 0.6 is 0 Å². The number of non-ortho nitro benzene ring substituents is 1. The summed E-state index contributed by atoms with van der Waals surface area (Å²) in [5, 5.41) is 33.2. The number of hydrogen-bond acceptors (Lipinski definition) is 7. The van der Waals surface area contributed by atoms with Crippen molar-refractivity contribution in [2.75, 3.05) is 5.43 Å². The molecular weight excluding hydrogens is 422 g/mol. The van der Waals surface area contributed by atoms with Crippen molar-refractivity contribution in [3.8, 4) is 5.75 Å². The van der Waals surface area contributed by atoms with E-state index >= 15 is 0 Å². The van der Waals surface area contributed by atoms with Crippen LogP contribution < -0.4 is 5.43 Å². The van der Waals surface area contributed by atoms with Crippen LogP contribution in [0.15, 0.2) is 82.1 Å². The Labute approximate surface area is 188 Å². The van der Waals surface area contributed by atoms with Gasteiger partial charge in [-0.05, 0) is 29.7 Å². The van der Waals surface area contributed by atoms with Crippen molar-refractivity contribution in [3.63, 3.8) is 0 Å². The summed E-state index contributed by atoms with van der Waals surface area (Å²) in [7, 11) is 0. The molecule has 0 radical (unpaired) electrons. The van der Waals surface area contributed by atoms with Crippen molar-refractivity contribution in [2.45, 2.75) is 19.8 Å². The lowest BCUT2D eigenvalue weighted by Crippen LogP contribution is -1.98. The normalized spacial score (nSPS) is 11.8. The summed E-state index contributed by atoms with van der Waals surface area (Å²) in [4.78, 5) is 18.1. The number of nitrogens with zero attached hydrogens (tertiary/aromatic N) is 5. The van der Waals surface area contributed by atoms with Gasteiger partial charge in [-0.15, -0.1) is 10.2 Å². The largest absolute Gasteiger partial charge is 0.506 e. The molecule has 0 atom stereocenters. The number of phenols is 1. The molecule has 166 valence electrons. The molecule has 0 unspecified atom stereocenters. The van der Waals surface area contributed by atoms with Crippen LogP contribution in [0, 0.1) is 10.1 Å². The highest BCUT2D eigenvalue weighted by molar-refractivity contribution is 5.84. The number of H-pyrrole nitrogens is 1. The number of hydrazone groups is 1. The number of amidine groups is 1. The second kappa shape index (κ2) is 9.69. The molecule has 0 saturated carbocycles. The van der Waals surface area contributed by atoms with Crippen LogP contribution in [0.2, 0.25) is 0 Å². The fourth-order valence-electron chi connectivity index (χ4n) is 3.21. The summed E-state index contributed by atoms with van der Waals surface area (Å²) in [5.41, 5.74) is 6.47. The third-order valence-corrected chi connectivity index (χ3v) is 4.89. The van der Waals surface area contributed by atoms with Crippen molar-refractivity contribution < 1.29 is 10.0 Å². The minimum atomic E-state index is -0.553. The number of benzene rings is 3. The molecule has 3 N–H and O–H groups in total. The van der Waals surface area contributed by atoms with E-state index in [9.17, 15) is 15.2 Å². The second-order valence-electron chi connectivity index (χ2n) is 7.19. The number of anilines is 1. The van der Waals surface area contributed by atoms with Crippen molar-refractivity contribution in [1.82, 2.24) is 9.97 Å². The molecule has 1 aromatic heterocycles. The molecular formula is C23H21N7O3. The van der Waals surface area contributed by atoms with Crippen LogP contribution in [0.25, 0.3) is 11.0 Å². The first-order valence-corrected chi connectivity index (χ1v) is 10.3.